The Morgan fingerprint density at radius 3 is 2.45 bits per heavy atom. The second-order valence-electron chi connectivity index (χ2n) is 5.81. The molecule has 3 nitrogen and oxygen atoms in total. The van der Waals surface area contributed by atoms with Crippen LogP contribution >= 0.6 is 0 Å². The summed E-state index contributed by atoms with van der Waals surface area (Å²) in [5.74, 6) is 0.971. The molecular weight excluding hydrogens is 272 g/mol. The highest BCUT2D eigenvalue weighted by atomic mass is 16.3. The molecule has 0 spiro atoms. The van der Waals surface area contributed by atoms with E-state index in [0.717, 1.165) is 24.3 Å². The van der Waals surface area contributed by atoms with Crippen molar-refractivity contribution in [2.75, 3.05) is 6.61 Å². The van der Waals surface area contributed by atoms with E-state index in [9.17, 15) is 5.11 Å². The van der Waals surface area contributed by atoms with E-state index in [1.807, 2.05) is 6.07 Å². The lowest BCUT2D eigenvalue weighted by Crippen LogP contribution is -2.08. The van der Waals surface area contributed by atoms with Crippen LogP contribution in [0.25, 0.3) is 11.0 Å². The van der Waals surface area contributed by atoms with Crippen LogP contribution in [-0.4, -0.2) is 21.3 Å². The van der Waals surface area contributed by atoms with Gasteiger partial charge in [-0.2, -0.15) is 0 Å². The summed E-state index contributed by atoms with van der Waals surface area (Å²) in [6, 6.07) is 14.8. The molecule has 0 radical (unpaired) electrons. The number of aromatic nitrogens is 2. The number of aliphatic hydroxyl groups is 1. The molecule has 3 aromatic rings. The lowest BCUT2D eigenvalue weighted by atomic mass is 10.1. The molecule has 3 heteroatoms. The molecule has 1 heterocycles. The largest absolute Gasteiger partial charge is 0.396 e. The van der Waals surface area contributed by atoms with E-state index >= 15 is 0 Å². The molecule has 0 unspecified atom stereocenters. The number of rotatable bonds is 5. The molecule has 0 bridgehead atoms. The summed E-state index contributed by atoms with van der Waals surface area (Å²) < 4.78 is 2.25. The average molecular weight is 294 g/mol. The van der Waals surface area contributed by atoms with Gasteiger partial charge in [0.25, 0.3) is 0 Å². The fraction of sp³-hybridized carbons (Fsp3) is 0.316. The lowest BCUT2D eigenvalue weighted by Gasteiger charge is -2.09. The SMILES string of the molecule is Cc1cc2nc(CCO)n(CCc3ccccc3)c2cc1C. The molecule has 0 saturated heterocycles. The van der Waals surface area contributed by atoms with Gasteiger partial charge in [-0.25, -0.2) is 4.98 Å². The van der Waals surface area contributed by atoms with Gasteiger partial charge < -0.3 is 9.67 Å². The molecule has 0 aliphatic heterocycles. The summed E-state index contributed by atoms with van der Waals surface area (Å²) in [5, 5.41) is 9.31. The Bertz CT molecular complexity index is 775. The molecule has 0 fully saturated rings. The van der Waals surface area contributed by atoms with E-state index < -0.39 is 0 Å². The van der Waals surface area contributed by atoms with Gasteiger partial charge in [0.1, 0.15) is 5.82 Å². The maximum atomic E-state index is 9.31. The van der Waals surface area contributed by atoms with Crippen LogP contribution in [0.5, 0.6) is 0 Å². The number of nitrogens with zero attached hydrogens (tertiary/aromatic N) is 2. The Hall–Kier alpha value is -2.13. The quantitative estimate of drug-likeness (QED) is 0.783. The summed E-state index contributed by atoms with van der Waals surface area (Å²) >= 11 is 0. The van der Waals surface area contributed by atoms with Crippen LogP contribution in [0, 0.1) is 13.8 Å². The van der Waals surface area contributed by atoms with Crippen LogP contribution in [0.15, 0.2) is 42.5 Å². The van der Waals surface area contributed by atoms with Crippen molar-refractivity contribution in [2.24, 2.45) is 0 Å². The third kappa shape index (κ3) is 2.90. The fourth-order valence-electron chi connectivity index (χ4n) is 2.86. The topological polar surface area (TPSA) is 38.1 Å². The van der Waals surface area contributed by atoms with E-state index in [2.05, 4.69) is 54.8 Å². The third-order valence-electron chi connectivity index (χ3n) is 4.25. The van der Waals surface area contributed by atoms with Crippen LogP contribution in [0.1, 0.15) is 22.5 Å². The van der Waals surface area contributed by atoms with Gasteiger partial charge in [-0.15, -0.1) is 0 Å². The van der Waals surface area contributed by atoms with Crippen molar-refractivity contribution in [2.45, 2.75) is 33.2 Å². The smallest absolute Gasteiger partial charge is 0.112 e. The summed E-state index contributed by atoms with van der Waals surface area (Å²) in [7, 11) is 0. The van der Waals surface area contributed by atoms with E-state index in [4.69, 9.17) is 4.98 Å². The lowest BCUT2D eigenvalue weighted by molar-refractivity contribution is 0.295. The van der Waals surface area contributed by atoms with Gasteiger partial charge in [-0.3, -0.25) is 0 Å². The standard InChI is InChI=1S/C19H22N2O/c1-14-12-17-18(13-15(14)2)21(19(20-17)9-11-22)10-8-16-6-4-3-5-7-16/h3-7,12-13,22H,8-11H2,1-2H3. The van der Waals surface area contributed by atoms with Crippen molar-refractivity contribution in [1.29, 1.82) is 0 Å². The first-order valence-corrected chi connectivity index (χ1v) is 7.80. The summed E-state index contributed by atoms with van der Waals surface area (Å²) in [6.07, 6.45) is 1.57. The van der Waals surface area contributed by atoms with Gasteiger partial charge in [0.15, 0.2) is 0 Å². The second kappa shape index (κ2) is 6.32. The average Bonchev–Trinajstić information content (AvgIpc) is 2.84. The highest BCUT2D eigenvalue weighted by Crippen LogP contribution is 2.21. The normalized spacial score (nSPS) is 11.2. The Morgan fingerprint density at radius 1 is 1.00 bits per heavy atom. The first-order valence-electron chi connectivity index (χ1n) is 7.80. The number of aryl methyl sites for hydroxylation is 4. The number of imidazole rings is 1. The van der Waals surface area contributed by atoms with E-state index in [-0.39, 0.29) is 6.61 Å². The molecule has 0 aliphatic rings. The predicted octanol–water partition coefficient (Wildman–Crippen LogP) is 3.43. The monoisotopic (exact) mass is 294 g/mol. The van der Waals surface area contributed by atoms with Crippen molar-refractivity contribution in [3.63, 3.8) is 0 Å². The minimum absolute atomic E-state index is 0.132. The van der Waals surface area contributed by atoms with Crippen molar-refractivity contribution >= 4 is 11.0 Å². The zero-order valence-electron chi connectivity index (χ0n) is 13.2. The molecule has 2 aromatic carbocycles. The molecule has 0 atom stereocenters. The van der Waals surface area contributed by atoms with Gasteiger partial charge in [-0.1, -0.05) is 30.3 Å². The Balaban J connectivity index is 1.98. The van der Waals surface area contributed by atoms with Crippen LogP contribution in [-0.2, 0) is 19.4 Å². The van der Waals surface area contributed by atoms with Crippen molar-refractivity contribution in [3.05, 3.63) is 65.0 Å². The van der Waals surface area contributed by atoms with Crippen molar-refractivity contribution in [1.82, 2.24) is 9.55 Å². The highest BCUT2D eigenvalue weighted by molar-refractivity contribution is 5.78. The van der Waals surface area contributed by atoms with E-state index in [0.29, 0.717) is 6.42 Å². The van der Waals surface area contributed by atoms with Gasteiger partial charge in [0.05, 0.1) is 17.6 Å². The Labute approximate surface area is 131 Å². The van der Waals surface area contributed by atoms with Crippen molar-refractivity contribution in [3.8, 4) is 0 Å². The second-order valence-corrected chi connectivity index (χ2v) is 5.81. The van der Waals surface area contributed by atoms with Gasteiger partial charge in [-0.05, 0) is 49.1 Å². The molecular formula is C19H22N2O. The molecule has 114 valence electrons. The minimum atomic E-state index is 0.132. The summed E-state index contributed by atoms with van der Waals surface area (Å²) in [5.41, 5.74) is 6.06. The molecule has 0 aliphatic carbocycles. The maximum Gasteiger partial charge on any atom is 0.112 e. The van der Waals surface area contributed by atoms with Crippen LogP contribution in [0.3, 0.4) is 0 Å². The number of hydrogen-bond acceptors (Lipinski definition) is 2. The van der Waals surface area contributed by atoms with Crippen molar-refractivity contribution < 1.29 is 5.11 Å². The van der Waals surface area contributed by atoms with Gasteiger partial charge in [0.2, 0.25) is 0 Å². The van der Waals surface area contributed by atoms with Gasteiger partial charge in [0, 0.05) is 13.0 Å². The van der Waals surface area contributed by atoms with E-state index in [1.54, 1.807) is 0 Å². The fourth-order valence-corrected chi connectivity index (χ4v) is 2.86. The third-order valence-corrected chi connectivity index (χ3v) is 4.25. The molecule has 3 rings (SSSR count). The minimum Gasteiger partial charge on any atom is -0.396 e. The number of fused-ring (bicyclic) bond motifs is 1. The molecule has 0 amide bonds. The van der Waals surface area contributed by atoms with Crippen LogP contribution in [0.2, 0.25) is 0 Å². The molecule has 1 N–H and O–H groups in total. The van der Waals surface area contributed by atoms with Crippen LogP contribution in [0.4, 0.5) is 0 Å². The van der Waals surface area contributed by atoms with Gasteiger partial charge >= 0.3 is 0 Å². The first-order chi connectivity index (χ1) is 10.7. The molecule has 22 heavy (non-hydrogen) atoms. The number of aliphatic hydroxyl groups excluding tert-OH is 1. The Kier molecular flexibility index (Phi) is 4.25. The zero-order chi connectivity index (χ0) is 15.5. The van der Waals surface area contributed by atoms with Crippen LogP contribution < -0.4 is 0 Å². The predicted molar refractivity (Wildman–Crippen MR) is 90.1 cm³/mol. The first kappa shape index (κ1) is 14.8. The highest BCUT2D eigenvalue weighted by Gasteiger charge is 2.11. The zero-order valence-corrected chi connectivity index (χ0v) is 13.2. The molecule has 1 aromatic heterocycles. The number of hydrogen-bond donors (Lipinski definition) is 1. The maximum absolute atomic E-state index is 9.31. The summed E-state index contributed by atoms with van der Waals surface area (Å²) in [6.45, 7) is 5.27. The molecule has 0 saturated carbocycles. The Morgan fingerprint density at radius 2 is 1.73 bits per heavy atom. The summed E-state index contributed by atoms with van der Waals surface area (Å²) in [4.78, 5) is 4.72. The number of benzene rings is 2. The van der Waals surface area contributed by atoms with E-state index in [1.165, 1.54) is 22.2 Å².